The number of rotatable bonds is 7. The lowest BCUT2D eigenvalue weighted by molar-refractivity contribution is -0.134. The van der Waals surface area contributed by atoms with Gasteiger partial charge in [-0.25, -0.2) is 14.8 Å². The molecule has 2 aromatic heterocycles. The van der Waals surface area contributed by atoms with E-state index in [1.807, 2.05) is 54.2 Å². The Hall–Kier alpha value is -4.91. The van der Waals surface area contributed by atoms with Gasteiger partial charge >= 0.3 is 5.97 Å². The van der Waals surface area contributed by atoms with Crippen LogP contribution in [0.1, 0.15) is 5.56 Å². The molecule has 7 nitrogen and oxygen atoms in total. The summed E-state index contributed by atoms with van der Waals surface area (Å²) in [5, 5.41) is 3.16. The number of carbonyl (C=O) groups excluding carboxylic acids is 1. The number of methoxy groups -OCH3 is 1. The summed E-state index contributed by atoms with van der Waals surface area (Å²) < 4.78 is 6.62. The fraction of sp³-hybridized carbons (Fsp3) is 0.0690. The molecule has 0 aliphatic heterocycles. The van der Waals surface area contributed by atoms with Crippen LogP contribution in [-0.4, -0.2) is 39.6 Å². The molecule has 0 aliphatic rings. The minimum absolute atomic E-state index is 0.386. The second-order valence-electron chi connectivity index (χ2n) is 8.13. The third kappa shape index (κ3) is 4.81. The van der Waals surface area contributed by atoms with Gasteiger partial charge < -0.3 is 19.6 Å². The quantitative estimate of drug-likeness (QED) is 0.229. The Morgan fingerprint density at radius 2 is 1.64 bits per heavy atom. The van der Waals surface area contributed by atoms with Crippen LogP contribution in [0.4, 0.5) is 5.69 Å². The van der Waals surface area contributed by atoms with E-state index in [2.05, 4.69) is 56.4 Å². The summed E-state index contributed by atoms with van der Waals surface area (Å²) in [5.74, 6) is 0.377. The Bertz CT molecular complexity index is 1480. The zero-order valence-corrected chi connectivity index (χ0v) is 20.0. The summed E-state index contributed by atoms with van der Waals surface area (Å²) in [5.41, 5.74) is 7.77. The highest BCUT2D eigenvalue weighted by atomic mass is 16.5. The van der Waals surface area contributed by atoms with Crippen molar-refractivity contribution in [2.24, 2.45) is 0 Å². The Morgan fingerprint density at radius 3 is 2.28 bits per heavy atom. The van der Waals surface area contributed by atoms with Crippen molar-refractivity contribution in [3.8, 4) is 39.6 Å². The van der Waals surface area contributed by atoms with Gasteiger partial charge in [0.05, 0.1) is 24.8 Å². The topological polar surface area (TPSA) is 84.8 Å². The van der Waals surface area contributed by atoms with Crippen LogP contribution < -0.4 is 5.32 Å². The van der Waals surface area contributed by atoms with Crippen molar-refractivity contribution in [1.29, 1.82) is 0 Å². The number of hydrogen-bond donors (Lipinski definition) is 2. The minimum atomic E-state index is -0.386. The number of ether oxygens (including phenoxy) is 1. The maximum atomic E-state index is 11.4. The van der Waals surface area contributed by atoms with Gasteiger partial charge in [0.15, 0.2) is 0 Å². The van der Waals surface area contributed by atoms with Crippen molar-refractivity contribution in [2.45, 2.75) is 0 Å². The van der Waals surface area contributed by atoms with Crippen molar-refractivity contribution >= 4 is 17.7 Å². The summed E-state index contributed by atoms with van der Waals surface area (Å²) in [4.78, 5) is 24.0. The molecule has 0 atom stereocenters. The molecule has 0 spiro atoms. The van der Waals surface area contributed by atoms with E-state index in [4.69, 9.17) is 4.98 Å². The largest absolute Gasteiger partial charge is 0.466 e. The van der Waals surface area contributed by atoms with Crippen LogP contribution in [0, 0.1) is 0 Å². The Labute approximate surface area is 209 Å². The lowest BCUT2D eigenvalue weighted by Gasteiger charge is -2.07. The van der Waals surface area contributed by atoms with Crippen molar-refractivity contribution < 1.29 is 9.53 Å². The van der Waals surface area contributed by atoms with E-state index in [9.17, 15) is 4.79 Å². The molecule has 0 aliphatic carbocycles. The van der Waals surface area contributed by atoms with Crippen LogP contribution in [0.3, 0.4) is 0 Å². The van der Waals surface area contributed by atoms with Crippen LogP contribution in [0.2, 0.25) is 0 Å². The number of benzene rings is 3. The number of aromatic amines is 1. The van der Waals surface area contributed by atoms with Gasteiger partial charge in [0, 0.05) is 53.6 Å². The highest BCUT2D eigenvalue weighted by Crippen LogP contribution is 2.34. The lowest BCUT2D eigenvalue weighted by atomic mass is 10.0. The van der Waals surface area contributed by atoms with E-state index in [-0.39, 0.29) is 5.97 Å². The molecule has 178 valence electrons. The first-order chi connectivity index (χ1) is 17.6. The fourth-order valence-corrected chi connectivity index (χ4v) is 3.92. The SMILES string of the molecule is CNc1ccc(-c2[nH]c(-c3ccc(C=CC(=O)OC)cc3)nc2-c2ccc(-n3ccnc3)cc2)cc1. The van der Waals surface area contributed by atoms with Gasteiger partial charge in [0.25, 0.3) is 0 Å². The smallest absolute Gasteiger partial charge is 0.330 e. The molecule has 0 amide bonds. The van der Waals surface area contributed by atoms with E-state index in [0.717, 1.165) is 50.8 Å². The lowest BCUT2D eigenvalue weighted by Crippen LogP contribution is -1.93. The van der Waals surface area contributed by atoms with Crippen LogP contribution in [-0.2, 0) is 9.53 Å². The molecule has 5 aromatic rings. The fourth-order valence-electron chi connectivity index (χ4n) is 3.92. The molecule has 0 saturated carbocycles. The van der Waals surface area contributed by atoms with Gasteiger partial charge in [-0.2, -0.15) is 0 Å². The molecule has 5 rings (SSSR count). The number of nitrogens with one attached hydrogen (secondary N) is 2. The maximum absolute atomic E-state index is 11.4. The monoisotopic (exact) mass is 475 g/mol. The number of carbonyl (C=O) groups is 1. The van der Waals surface area contributed by atoms with Crippen LogP contribution in [0.25, 0.3) is 45.7 Å². The average molecular weight is 476 g/mol. The molecular formula is C29H25N5O2. The van der Waals surface area contributed by atoms with E-state index >= 15 is 0 Å². The summed E-state index contributed by atoms with van der Waals surface area (Å²) in [6, 6.07) is 24.3. The number of H-pyrrole nitrogens is 1. The number of esters is 1. The summed E-state index contributed by atoms with van der Waals surface area (Å²) >= 11 is 0. The molecular weight excluding hydrogens is 450 g/mol. The molecule has 3 aromatic carbocycles. The van der Waals surface area contributed by atoms with Gasteiger partial charge in [-0.1, -0.05) is 48.5 Å². The molecule has 0 fully saturated rings. The molecule has 0 radical (unpaired) electrons. The molecule has 2 heterocycles. The zero-order valence-electron chi connectivity index (χ0n) is 20.0. The minimum Gasteiger partial charge on any atom is -0.466 e. The standard InChI is InChI=1S/C29H25N5O2/c1-30-24-12-8-21(9-13-24)27-28(22-10-14-25(15-11-22)34-18-17-31-19-34)33-29(32-27)23-6-3-20(4-7-23)5-16-26(35)36-2/h3-19,30H,1-2H3,(H,32,33). The molecule has 36 heavy (non-hydrogen) atoms. The number of anilines is 1. The van der Waals surface area contributed by atoms with E-state index in [1.165, 1.54) is 13.2 Å². The average Bonchev–Trinajstić information content (AvgIpc) is 3.63. The predicted octanol–water partition coefficient (Wildman–Crippen LogP) is 5.82. The summed E-state index contributed by atoms with van der Waals surface area (Å²) in [6.07, 6.45) is 8.58. The van der Waals surface area contributed by atoms with Crippen LogP contribution >= 0.6 is 0 Å². The number of hydrogen-bond acceptors (Lipinski definition) is 5. The van der Waals surface area contributed by atoms with Gasteiger partial charge in [-0.15, -0.1) is 0 Å². The summed E-state index contributed by atoms with van der Waals surface area (Å²) in [6.45, 7) is 0. The second kappa shape index (κ2) is 10.1. The Kier molecular flexibility index (Phi) is 6.44. The van der Waals surface area contributed by atoms with Crippen LogP contribution in [0.15, 0.2) is 97.6 Å². The highest BCUT2D eigenvalue weighted by Gasteiger charge is 2.16. The number of imidazole rings is 2. The maximum Gasteiger partial charge on any atom is 0.330 e. The number of aromatic nitrogens is 4. The van der Waals surface area contributed by atoms with Crippen molar-refractivity contribution in [2.75, 3.05) is 19.5 Å². The van der Waals surface area contributed by atoms with Crippen molar-refractivity contribution in [3.63, 3.8) is 0 Å². The first-order valence-corrected chi connectivity index (χ1v) is 11.5. The molecule has 0 saturated heterocycles. The van der Waals surface area contributed by atoms with Crippen molar-refractivity contribution in [1.82, 2.24) is 19.5 Å². The third-order valence-corrected chi connectivity index (χ3v) is 5.91. The molecule has 0 unspecified atom stereocenters. The predicted molar refractivity (Wildman–Crippen MR) is 143 cm³/mol. The molecule has 0 bridgehead atoms. The van der Waals surface area contributed by atoms with E-state index in [0.29, 0.717) is 0 Å². The normalized spacial score (nSPS) is 11.1. The first kappa shape index (κ1) is 22.9. The third-order valence-electron chi connectivity index (χ3n) is 5.91. The first-order valence-electron chi connectivity index (χ1n) is 11.5. The second-order valence-corrected chi connectivity index (χ2v) is 8.13. The van der Waals surface area contributed by atoms with Gasteiger partial charge in [-0.3, -0.25) is 0 Å². The summed E-state index contributed by atoms with van der Waals surface area (Å²) in [7, 11) is 3.26. The van der Waals surface area contributed by atoms with Gasteiger partial charge in [0.1, 0.15) is 5.82 Å². The zero-order chi connectivity index (χ0) is 24.9. The Balaban J connectivity index is 1.53. The Morgan fingerprint density at radius 1 is 0.944 bits per heavy atom. The highest BCUT2D eigenvalue weighted by molar-refractivity contribution is 5.87. The molecule has 2 N–H and O–H groups in total. The van der Waals surface area contributed by atoms with Crippen LogP contribution in [0.5, 0.6) is 0 Å². The molecule has 7 heteroatoms. The van der Waals surface area contributed by atoms with E-state index in [1.54, 1.807) is 18.6 Å². The van der Waals surface area contributed by atoms with E-state index < -0.39 is 0 Å². The van der Waals surface area contributed by atoms with Gasteiger partial charge in [-0.05, 0) is 35.9 Å². The van der Waals surface area contributed by atoms with Crippen molar-refractivity contribution in [3.05, 3.63) is 103 Å². The number of nitrogens with zero attached hydrogens (tertiary/aromatic N) is 3. The van der Waals surface area contributed by atoms with Gasteiger partial charge in [0.2, 0.25) is 0 Å².